The van der Waals surface area contributed by atoms with Gasteiger partial charge in [0, 0.05) is 19.5 Å². The Kier molecular flexibility index (Phi) is 3.49. The number of nitrogens with zero attached hydrogens (tertiary/aromatic N) is 4. The van der Waals surface area contributed by atoms with Crippen molar-refractivity contribution in [3.05, 3.63) is 28.7 Å². The lowest BCUT2D eigenvalue weighted by Gasteiger charge is -2.24. The summed E-state index contributed by atoms with van der Waals surface area (Å²) < 4.78 is 10.9. The molecule has 1 aliphatic heterocycles. The number of hydrogen-bond acceptors (Lipinski definition) is 6. The van der Waals surface area contributed by atoms with Crippen LogP contribution in [0.5, 0.6) is 0 Å². The third kappa shape index (κ3) is 2.40. The maximum Gasteiger partial charge on any atom is 0.259 e. The molecule has 5 rings (SSSR count). The van der Waals surface area contributed by atoms with Crippen LogP contribution in [0.25, 0.3) is 0 Å². The molecule has 0 radical (unpaired) electrons. The molecule has 1 saturated heterocycles. The topological polar surface area (TPSA) is 85.3 Å². The Morgan fingerprint density at radius 2 is 2.08 bits per heavy atom. The summed E-state index contributed by atoms with van der Waals surface area (Å²) in [4.78, 5) is 19.8. The Balaban J connectivity index is 1.42. The fourth-order valence-electron chi connectivity index (χ4n) is 4.86. The van der Waals surface area contributed by atoms with Crippen molar-refractivity contribution in [1.82, 2.24) is 20.2 Å². The number of amides is 1. The van der Waals surface area contributed by atoms with Crippen molar-refractivity contribution < 1.29 is 13.8 Å². The Morgan fingerprint density at radius 1 is 1.23 bits per heavy atom. The quantitative estimate of drug-likeness (QED) is 0.837. The van der Waals surface area contributed by atoms with Gasteiger partial charge in [-0.1, -0.05) is 16.7 Å². The van der Waals surface area contributed by atoms with E-state index in [-0.39, 0.29) is 11.3 Å². The molecule has 3 aliphatic rings. The highest BCUT2D eigenvalue weighted by Crippen LogP contribution is 2.50. The van der Waals surface area contributed by atoms with Crippen molar-refractivity contribution in [2.24, 2.45) is 11.8 Å². The maximum absolute atomic E-state index is 13.1. The van der Waals surface area contributed by atoms with Crippen molar-refractivity contribution in [3.8, 4) is 0 Å². The molecule has 3 fully saturated rings. The van der Waals surface area contributed by atoms with E-state index in [0.717, 1.165) is 49.9 Å². The number of likely N-dealkylation sites (tertiary alicyclic amines) is 1. The molecule has 0 unspecified atom stereocenters. The molecule has 2 aromatic rings. The van der Waals surface area contributed by atoms with E-state index in [4.69, 9.17) is 14.0 Å². The summed E-state index contributed by atoms with van der Waals surface area (Å²) in [6.07, 6.45) is 6.73. The van der Waals surface area contributed by atoms with Crippen molar-refractivity contribution in [2.45, 2.75) is 57.8 Å². The minimum absolute atomic E-state index is 0.00717. The molecule has 2 saturated carbocycles. The zero-order chi connectivity index (χ0) is 17.9. The average molecular weight is 356 g/mol. The first-order chi connectivity index (χ1) is 12.6. The largest absolute Gasteiger partial charge is 0.361 e. The molecule has 1 amide bonds. The number of fused-ring (bicyclic) bond motifs is 1. The smallest absolute Gasteiger partial charge is 0.259 e. The summed E-state index contributed by atoms with van der Waals surface area (Å²) in [6.45, 7) is 5.00. The lowest BCUT2D eigenvalue weighted by Crippen LogP contribution is -2.35. The van der Waals surface area contributed by atoms with E-state index in [1.165, 1.54) is 12.8 Å². The lowest BCUT2D eigenvalue weighted by molar-refractivity contribution is 0.0772. The Bertz CT molecular complexity index is 833. The SMILES string of the molecule is Cc1noc(C)c1C(=O)N1C[C@H]2CCC[C@@]2(c2nc(CC3CC3)no2)C1. The highest BCUT2D eigenvalue weighted by molar-refractivity contribution is 5.96. The first-order valence-electron chi connectivity index (χ1n) is 9.62. The fourth-order valence-corrected chi connectivity index (χ4v) is 4.86. The molecule has 7 heteroatoms. The van der Waals surface area contributed by atoms with Crippen LogP contribution >= 0.6 is 0 Å². The van der Waals surface area contributed by atoms with E-state index in [9.17, 15) is 4.79 Å². The van der Waals surface area contributed by atoms with Crippen LogP contribution in [-0.2, 0) is 11.8 Å². The van der Waals surface area contributed by atoms with Gasteiger partial charge >= 0.3 is 0 Å². The first-order valence-corrected chi connectivity index (χ1v) is 9.62. The van der Waals surface area contributed by atoms with Crippen molar-refractivity contribution in [1.29, 1.82) is 0 Å². The monoisotopic (exact) mass is 356 g/mol. The summed E-state index contributed by atoms with van der Waals surface area (Å²) in [5.74, 6) is 3.29. The summed E-state index contributed by atoms with van der Waals surface area (Å²) in [5.41, 5.74) is 1.08. The summed E-state index contributed by atoms with van der Waals surface area (Å²) in [6, 6.07) is 0. The molecule has 7 nitrogen and oxygen atoms in total. The molecular weight excluding hydrogens is 332 g/mol. The molecule has 2 atom stereocenters. The second kappa shape index (κ2) is 5.66. The van der Waals surface area contributed by atoms with Crippen molar-refractivity contribution >= 4 is 5.91 Å². The highest BCUT2D eigenvalue weighted by atomic mass is 16.5. The molecule has 26 heavy (non-hydrogen) atoms. The number of aromatic nitrogens is 3. The number of hydrogen-bond donors (Lipinski definition) is 0. The van der Waals surface area contributed by atoms with Gasteiger partial charge in [0.15, 0.2) is 5.82 Å². The van der Waals surface area contributed by atoms with E-state index >= 15 is 0 Å². The molecular formula is C19H24N4O3. The van der Waals surface area contributed by atoms with Crippen molar-refractivity contribution in [2.75, 3.05) is 13.1 Å². The van der Waals surface area contributed by atoms with Crippen LogP contribution in [0, 0.1) is 25.7 Å². The zero-order valence-corrected chi connectivity index (χ0v) is 15.3. The summed E-state index contributed by atoms with van der Waals surface area (Å²) in [7, 11) is 0. The maximum atomic E-state index is 13.1. The minimum atomic E-state index is -0.177. The first kappa shape index (κ1) is 16.0. The van der Waals surface area contributed by atoms with Gasteiger partial charge in [0.25, 0.3) is 5.91 Å². The second-order valence-corrected chi connectivity index (χ2v) is 8.29. The van der Waals surface area contributed by atoms with Crippen LogP contribution in [0.3, 0.4) is 0 Å². The van der Waals surface area contributed by atoms with Crippen LogP contribution in [0.15, 0.2) is 9.05 Å². The zero-order valence-electron chi connectivity index (χ0n) is 15.3. The number of carbonyl (C=O) groups excluding carboxylic acids is 1. The van der Waals surface area contributed by atoms with Crippen molar-refractivity contribution in [3.63, 3.8) is 0 Å². The van der Waals surface area contributed by atoms with Gasteiger partial charge in [0.05, 0.1) is 11.1 Å². The van der Waals surface area contributed by atoms with E-state index in [1.807, 2.05) is 11.8 Å². The number of carbonyl (C=O) groups is 1. The van der Waals surface area contributed by atoms with Gasteiger partial charge in [-0.15, -0.1) is 0 Å². The van der Waals surface area contributed by atoms with Gasteiger partial charge in [0.2, 0.25) is 5.89 Å². The van der Waals surface area contributed by atoms with Gasteiger partial charge < -0.3 is 13.9 Å². The molecule has 2 aliphatic carbocycles. The third-order valence-electron chi connectivity index (χ3n) is 6.47. The Labute approximate surface area is 152 Å². The molecule has 138 valence electrons. The van der Waals surface area contributed by atoms with Gasteiger partial charge in [-0.3, -0.25) is 4.79 Å². The normalized spacial score (nSPS) is 27.9. The highest BCUT2D eigenvalue weighted by Gasteiger charge is 2.55. The fraction of sp³-hybridized carbons (Fsp3) is 0.684. The predicted octanol–water partition coefficient (Wildman–Crippen LogP) is 2.82. The average Bonchev–Trinajstić information content (AvgIpc) is 2.95. The molecule has 0 spiro atoms. The van der Waals surface area contributed by atoms with Crippen LogP contribution in [0.4, 0.5) is 0 Å². The van der Waals surface area contributed by atoms with Crippen LogP contribution in [0.2, 0.25) is 0 Å². The van der Waals surface area contributed by atoms with Gasteiger partial charge in [0.1, 0.15) is 11.3 Å². The van der Waals surface area contributed by atoms with Gasteiger partial charge in [-0.2, -0.15) is 4.98 Å². The second-order valence-electron chi connectivity index (χ2n) is 8.29. The van der Waals surface area contributed by atoms with E-state index < -0.39 is 0 Å². The molecule has 3 heterocycles. The molecule has 0 aromatic carbocycles. The lowest BCUT2D eigenvalue weighted by atomic mass is 9.80. The molecule has 2 aromatic heterocycles. The number of aryl methyl sites for hydroxylation is 2. The van der Waals surface area contributed by atoms with Crippen LogP contribution < -0.4 is 0 Å². The molecule has 0 N–H and O–H groups in total. The van der Waals surface area contributed by atoms with E-state index in [0.29, 0.717) is 29.5 Å². The predicted molar refractivity (Wildman–Crippen MR) is 91.6 cm³/mol. The van der Waals surface area contributed by atoms with Gasteiger partial charge in [-0.05, 0) is 51.4 Å². The summed E-state index contributed by atoms with van der Waals surface area (Å²) >= 11 is 0. The Hall–Kier alpha value is -2.18. The minimum Gasteiger partial charge on any atom is -0.361 e. The standard InChI is InChI=1S/C19H24N4O3/c1-11-16(12(2)25-21-11)17(24)23-9-14-4-3-7-19(14,10-23)18-20-15(22-26-18)8-13-5-6-13/h13-14H,3-10H2,1-2H3/t14-,19-/m1/s1. The van der Waals surface area contributed by atoms with Crippen LogP contribution in [0.1, 0.15) is 65.6 Å². The summed E-state index contributed by atoms with van der Waals surface area (Å²) in [5, 5.41) is 8.16. The Morgan fingerprint density at radius 3 is 2.81 bits per heavy atom. The van der Waals surface area contributed by atoms with E-state index in [1.54, 1.807) is 6.92 Å². The third-order valence-corrected chi connectivity index (χ3v) is 6.47. The van der Waals surface area contributed by atoms with E-state index in [2.05, 4.69) is 10.3 Å². The van der Waals surface area contributed by atoms with Crippen LogP contribution in [-0.4, -0.2) is 39.2 Å². The number of rotatable bonds is 4. The molecule has 0 bridgehead atoms. The van der Waals surface area contributed by atoms with Gasteiger partial charge in [-0.25, -0.2) is 0 Å².